The first-order valence-electron chi connectivity index (χ1n) is 11.3. The largest absolute Gasteiger partial charge is 0.457 e. The van der Waals surface area contributed by atoms with Gasteiger partial charge in [0, 0.05) is 30.1 Å². The third kappa shape index (κ3) is 3.53. The minimum Gasteiger partial charge on any atom is -0.457 e. The molecule has 1 saturated heterocycles. The summed E-state index contributed by atoms with van der Waals surface area (Å²) in [5.41, 5.74) is 9.39. The van der Waals surface area contributed by atoms with Gasteiger partial charge in [-0.3, -0.25) is 9.48 Å². The molecular weight excluding hydrogens is 430 g/mol. The summed E-state index contributed by atoms with van der Waals surface area (Å²) in [6.45, 7) is 1.40. The van der Waals surface area contributed by atoms with Crippen molar-refractivity contribution in [2.75, 3.05) is 18.8 Å². The maximum absolute atomic E-state index is 11.4. The molecule has 0 saturated carbocycles. The highest BCUT2D eigenvalue weighted by Crippen LogP contribution is 2.36. The molecule has 3 aromatic carbocycles. The second kappa shape index (κ2) is 8.22. The van der Waals surface area contributed by atoms with Crippen LogP contribution >= 0.6 is 0 Å². The number of carbonyl (C=O) groups excluding carboxylic acids is 1. The number of nitrogens with two attached hydrogens (primary N) is 1. The van der Waals surface area contributed by atoms with Gasteiger partial charge in [-0.25, -0.2) is 0 Å². The van der Waals surface area contributed by atoms with Crippen molar-refractivity contribution >= 4 is 34.1 Å². The molecule has 1 aliphatic heterocycles. The number of piperidine rings is 1. The predicted octanol–water partition coefficient (Wildman–Crippen LogP) is 5.01. The summed E-state index contributed by atoms with van der Waals surface area (Å²) in [6, 6.07) is 21.6. The zero-order valence-corrected chi connectivity index (χ0v) is 18.4. The molecule has 1 amide bonds. The Kier molecular flexibility index (Phi) is 4.91. The number of fused-ring (bicyclic) bond motifs is 2. The molecule has 0 bridgehead atoms. The molecule has 6 rings (SSSR count). The van der Waals surface area contributed by atoms with Crippen molar-refractivity contribution < 1.29 is 14.1 Å². The highest BCUT2D eigenvalue weighted by Gasteiger charge is 2.25. The number of amides is 1. The van der Waals surface area contributed by atoms with E-state index in [9.17, 15) is 4.79 Å². The number of hydrogen-bond acceptors (Lipinski definition) is 6. The molecule has 2 N–H and O–H groups in total. The standard InChI is InChI=1S/C26H23N5O3/c27-26-22-13-21-23(14-24(22)34-29-26)31(18-5-4-12-30(15-18)16-32)28-25(21)17-8-10-20(11-9-17)33-19-6-2-1-3-7-19/h1-3,6-11,13-14,16,18H,4-5,12,15H2,(H2,27,29). The van der Waals surface area contributed by atoms with Crippen molar-refractivity contribution in [3.05, 3.63) is 66.7 Å². The number of nitrogens with zero attached hydrogens (tertiary/aromatic N) is 4. The zero-order valence-electron chi connectivity index (χ0n) is 18.4. The molecule has 0 spiro atoms. The Labute approximate surface area is 195 Å². The summed E-state index contributed by atoms with van der Waals surface area (Å²) in [6.07, 6.45) is 2.80. The molecule has 0 radical (unpaired) electrons. The monoisotopic (exact) mass is 453 g/mol. The number of ether oxygens (including phenoxy) is 1. The maximum Gasteiger partial charge on any atom is 0.209 e. The van der Waals surface area contributed by atoms with Crippen LogP contribution < -0.4 is 10.5 Å². The number of hydrogen-bond donors (Lipinski definition) is 1. The van der Waals surface area contributed by atoms with Crippen molar-refractivity contribution in [3.8, 4) is 22.8 Å². The molecule has 1 aliphatic rings. The average Bonchev–Trinajstić information content (AvgIpc) is 3.44. The van der Waals surface area contributed by atoms with Gasteiger partial charge in [0.2, 0.25) is 6.41 Å². The Bertz CT molecular complexity index is 1470. The van der Waals surface area contributed by atoms with Crippen molar-refractivity contribution in [1.82, 2.24) is 19.8 Å². The van der Waals surface area contributed by atoms with Crippen LogP contribution in [0, 0.1) is 0 Å². The van der Waals surface area contributed by atoms with Crippen LogP contribution in [0.2, 0.25) is 0 Å². The molecular formula is C26H23N5O3. The average molecular weight is 454 g/mol. The Morgan fingerprint density at radius 1 is 1.03 bits per heavy atom. The first-order chi connectivity index (χ1) is 16.7. The van der Waals surface area contributed by atoms with E-state index in [0.717, 1.165) is 64.8 Å². The van der Waals surface area contributed by atoms with Gasteiger partial charge in [-0.15, -0.1) is 0 Å². The van der Waals surface area contributed by atoms with E-state index >= 15 is 0 Å². The molecule has 34 heavy (non-hydrogen) atoms. The Morgan fingerprint density at radius 2 is 1.82 bits per heavy atom. The van der Waals surface area contributed by atoms with E-state index in [0.29, 0.717) is 17.9 Å². The predicted molar refractivity (Wildman–Crippen MR) is 130 cm³/mol. The summed E-state index contributed by atoms with van der Waals surface area (Å²) in [4.78, 5) is 13.2. The quantitative estimate of drug-likeness (QED) is 0.376. The number of aromatic nitrogens is 3. The van der Waals surface area contributed by atoms with Crippen LogP contribution in [0.5, 0.6) is 11.5 Å². The number of rotatable bonds is 5. The van der Waals surface area contributed by atoms with Gasteiger partial charge in [-0.2, -0.15) is 5.10 Å². The molecule has 1 atom stereocenters. The smallest absolute Gasteiger partial charge is 0.209 e. The summed E-state index contributed by atoms with van der Waals surface area (Å²) in [5.74, 6) is 1.89. The Balaban J connectivity index is 1.44. The van der Waals surface area contributed by atoms with Crippen molar-refractivity contribution in [3.63, 3.8) is 0 Å². The highest BCUT2D eigenvalue weighted by atomic mass is 16.5. The third-order valence-corrected chi connectivity index (χ3v) is 6.36. The lowest BCUT2D eigenvalue weighted by atomic mass is 10.0. The molecule has 1 unspecified atom stereocenters. The number of para-hydroxylation sites is 1. The van der Waals surface area contributed by atoms with Gasteiger partial charge in [-0.1, -0.05) is 23.4 Å². The molecule has 170 valence electrons. The van der Waals surface area contributed by atoms with E-state index in [1.807, 2.05) is 76.3 Å². The number of benzene rings is 3. The van der Waals surface area contributed by atoms with Crippen LogP contribution in [-0.2, 0) is 4.79 Å². The molecule has 8 heteroatoms. The summed E-state index contributed by atoms with van der Waals surface area (Å²) in [5, 5.41) is 10.7. The van der Waals surface area contributed by atoms with Crippen LogP contribution in [0.1, 0.15) is 18.9 Å². The number of nitrogen functional groups attached to an aromatic ring is 1. The van der Waals surface area contributed by atoms with E-state index < -0.39 is 0 Å². The van der Waals surface area contributed by atoms with Crippen LogP contribution in [0.25, 0.3) is 33.1 Å². The van der Waals surface area contributed by atoms with Crippen molar-refractivity contribution in [2.45, 2.75) is 18.9 Å². The highest BCUT2D eigenvalue weighted by molar-refractivity contribution is 6.04. The summed E-state index contributed by atoms with van der Waals surface area (Å²) < 4.78 is 13.4. The molecule has 2 aromatic heterocycles. The number of carbonyl (C=O) groups is 1. The van der Waals surface area contributed by atoms with Crippen LogP contribution in [0.4, 0.5) is 5.82 Å². The SMILES string of the molecule is Nc1noc2cc3c(cc12)c(-c1ccc(Oc2ccccc2)cc1)nn3C1CCCN(C=O)C1. The van der Waals surface area contributed by atoms with E-state index in [1.165, 1.54) is 0 Å². The summed E-state index contributed by atoms with van der Waals surface area (Å²) in [7, 11) is 0. The van der Waals surface area contributed by atoms with E-state index in [4.69, 9.17) is 20.1 Å². The second-order valence-corrected chi connectivity index (χ2v) is 8.56. The van der Waals surface area contributed by atoms with Crippen LogP contribution in [0.3, 0.4) is 0 Å². The van der Waals surface area contributed by atoms with Gasteiger partial charge in [-0.05, 0) is 55.3 Å². The first-order valence-corrected chi connectivity index (χ1v) is 11.3. The van der Waals surface area contributed by atoms with Crippen LogP contribution in [-0.4, -0.2) is 39.3 Å². The van der Waals surface area contributed by atoms with Gasteiger partial charge in [0.1, 0.15) is 17.2 Å². The minimum atomic E-state index is 0.0774. The fourth-order valence-electron chi connectivity index (χ4n) is 4.66. The Hall–Kier alpha value is -4.33. The zero-order chi connectivity index (χ0) is 23.1. The lowest BCUT2D eigenvalue weighted by Crippen LogP contribution is -2.35. The lowest BCUT2D eigenvalue weighted by molar-refractivity contribution is -0.119. The lowest BCUT2D eigenvalue weighted by Gasteiger charge is -2.30. The third-order valence-electron chi connectivity index (χ3n) is 6.36. The van der Waals surface area contributed by atoms with Gasteiger partial charge >= 0.3 is 0 Å². The molecule has 8 nitrogen and oxygen atoms in total. The molecule has 1 fully saturated rings. The van der Waals surface area contributed by atoms with Crippen molar-refractivity contribution in [1.29, 1.82) is 0 Å². The van der Waals surface area contributed by atoms with E-state index in [-0.39, 0.29) is 6.04 Å². The van der Waals surface area contributed by atoms with Gasteiger partial charge < -0.3 is 19.9 Å². The number of anilines is 1. The fourth-order valence-corrected chi connectivity index (χ4v) is 4.66. The van der Waals surface area contributed by atoms with Gasteiger partial charge in [0.15, 0.2) is 11.4 Å². The summed E-state index contributed by atoms with van der Waals surface area (Å²) >= 11 is 0. The molecule has 3 heterocycles. The normalized spacial score (nSPS) is 16.2. The number of likely N-dealkylation sites (tertiary alicyclic amines) is 1. The van der Waals surface area contributed by atoms with Crippen LogP contribution in [0.15, 0.2) is 71.3 Å². The van der Waals surface area contributed by atoms with E-state index in [1.54, 1.807) is 0 Å². The van der Waals surface area contributed by atoms with Crippen molar-refractivity contribution in [2.24, 2.45) is 0 Å². The molecule has 5 aromatic rings. The second-order valence-electron chi connectivity index (χ2n) is 8.56. The maximum atomic E-state index is 11.4. The van der Waals surface area contributed by atoms with Gasteiger partial charge in [0.25, 0.3) is 0 Å². The molecule has 0 aliphatic carbocycles. The van der Waals surface area contributed by atoms with E-state index in [2.05, 4.69) is 5.16 Å². The Morgan fingerprint density at radius 3 is 2.62 bits per heavy atom. The minimum absolute atomic E-state index is 0.0774. The first kappa shape index (κ1) is 20.3. The van der Waals surface area contributed by atoms with Gasteiger partial charge in [0.05, 0.1) is 16.9 Å². The topological polar surface area (TPSA) is 99.4 Å². The fraction of sp³-hybridized carbons (Fsp3) is 0.192.